The van der Waals surface area contributed by atoms with Gasteiger partial charge in [0.05, 0.1) is 18.8 Å². The second-order valence-electron chi connectivity index (χ2n) is 7.52. The van der Waals surface area contributed by atoms with E-state index in [2.05, 4.69) is 10.4 Å². The molecule has 1 atom stereocenters. The van der Waals surface area contributed by atoms with Crippen molar-refractivity contribution in [1.82, 2.24) is 19.8 Å². The van der Waals surface area contributed by atoms with Crippen LogP contribution in [0.25, 0.3) is 5.52 Å². The van der Waals surface area contributed by atoms with Gasteiger partial charge in [0, 0.05) is 37.9 Å². The maximum Gasteiger partial charge on any atom is 0.256 e. The summed E-state index contributed by atoms with van der Waals surface area (Å²) in [5, 5.41) is 18.6. The molecule has 0 spiro atoms. The Morgan fingerprint density at radius 3 is 3.03 bits per heavy atom. The van der Waals surface area contributed by atoms with Crippen molar-refractivity contribution in [3.05, 3.63) is 66.0 Å². The smallest absolute Gasteiger partial charge is 0.256 e. The van der Waals surface area contributed by atoms with Crippen LogP contribution in [0, 0.1) is 0 Å². The molecule has 0 saturated carbocycles. The van der Waals surface area contributed by atoms with Crippen molar-refractivity contribution in [2.45, 2.75) is 31.5 Å². The van der Waals surface area contributed by atoms with Crippen LogP contribution < -0.4 is 10.1 Å². The highest BCUT2D eigenvalue weighted by Gasteiger charge is 2.41. The van der Waals surface area contributed by atoms with Crippen LogP contribution in [0.1, 0.15) is 24.0 Å². The van der Waals surface area contributed by atoms with E-state index in [-0.39, 0.29) is 12.5 Å². The van der Waals surface area contributed by atoms with Gasteiger partial charge in [-0.15, -0.1) is 0 Å². The molecule has 0 radical (unpaired) electrons. The van der Waals surface area contributed by atoms with Crippen LogP contribution in [-0.4, -0.2) is 51.3 Å². The molecule has 1 saturated heterocycles. The third-order valence-corrected chi connectivity index (χ3v) is 5.45. The Labute approximate surface area is 169 Å². The van der Waals surface area contributed by atoms with E-state index < -0.39 is 5.60 Å². The highest BCUT2D eigenvalue weighted by atomic mass is 16.5. The Balaban J connectivity index is 1.39. The SMILES string of the molecule is COc1cccc(CN2CCCC(O)(CNCc3cnn4ccccc34)C2=O)c1. The van der Waals surface area contributed by atoms with E-state index in [1.807, 2.05) is 59.4 Å². The molecule has 7 nitrogen and oxygen atoms in total. The van der Waals surface area contributed by atoms with Gasteiger partial charge >= 0.3 is 0 Å². The minimum Gasteiger partial charge on any atom is -0.497 e. The first-order valence-corrected chi connectivity index (χ1v) is 9.86. The summed E-state index contributed by atoms with van der Waals surface area (Å²) < 4.78 is 7.07. The molecule has 152 valence electrons. The molecule has 2 N–H and O–H groups in total. The predicted molar refractivity (Wildman–Crippen MR) is 109 cm³/mol. The minimum atomic E-state index is -1.39. The number of fused-ring (bicyclic) bond motifs is 1. The number of amides is 1. The second kappa shape index (κ2) is 8.23. The molecular weight excluding hydrogens is 368 g/mol. The summed E-state index contributed by atoms with van der Waals surface area (Å²) in [5.74, 6) is 0.538. The summed E-state index contributed by atoms with van der Waals surface area (Å²) >= 11 is 0. The first kappa shape index (κ1) is 19.4. The first-order chi connectivity index (χ1) is 14.1. The summed E-state index contributed by atoms with van der Waals surface area (Å²) in [6, 6.07) is 13.6. The summed E-state index contributed by atoms with van der Waals surface area (Å²) in [7, 11) is 1.62. The average molecular weight is 394 g/mol. The lowest BCUT2D eigenvalue weighted by Gasteiger charge is -2.38. The summed E-state index contributed by atoms with van der Waals surface area (Å²) in [6.07, 6.45) is 4.93. The van der Waals surface area contributed by atoms with E-state index in [0.717, 1.165) is 28.8 Å². The number of benzene rings is 1. The highest BCUT2D eigenvalue weighted by molar-refractivity contribution is 5.86. The van der Waals surface area contributed by atoms with Crippen LogP contribution in [0.5, 0.6) is 5.75 Å². The number of nitrogens with zero attached hydrogens (tertiary/aromatic N) is 3. The molecule has 1 aliphatic heterocycles. The fraction of sp³-hybridized carbons (Fsp3) is 0.364. The number of hydrogen-bond acceptors (Lipinski definition) is 5. The lowest BCUT2D eigenvalue weighted by Crippen LogP contribution is -2.57. The minimum absolute atomic E-state index is 0.213. The van der Waals surface area contributed by atoms with Crippen molar-refractivity contribution >= 4 is 11.4 Å². The highest BCUT2D eigenvalue weighted by Crippen LogP contribution is 2.25. The Hall–Kier alpha value is -2.90. The number of aliphatic hydroxyl groups is 1. The third kappa shape index (κ3) is 4.11. The number of carbonyl (C=O) groups excluding carboxylic acids is 1. The molecule has 1 unspecified atom stereocenters. The summed E-state index contributed by atoms with van der Waals surface area (Å²) in [5.41, 5.74) is 1.65. The molecular formula is C22H26N4O3. The molecule has 0 aliphatic carbocycles. The average Bonchev–Trinajstić information content (AvgIpc) is 3.15. The van der Waals surface area contributed by atoms with Gasteiger partial charge in [0.2, 0.25) is 0 Å². The summed E-state index contributed by atoms with van der Waals surface area (Å²) in [4.78, 5) is 14.7. The van der Waals surface area contributed by atoms with Crippen LogP contribution >= 0.6 is 0 Å². The molecule has 1 aromatic carbocycles. The van der Waals surface area contributed by atoms with Gasteiger partial charge in [-0.2, -0.15) is 5.10 Å². The number of hydrogen-bond donors (Lipinski definition) is 2. The normalized spacial score (nSPS) is 19.7. The molecule has 2 aromatic heterocycles. The number of carbonyl (C=O) groups is 1. The Bertz CT molecular complexity index is 1000. The molecule has 29 heavy (non-hydrogen) atoms. The van der Waals surface area contributed by atoms with Crippen molar-refractivity contribution in [1.29, 1.82) is 0 Å². The van der Waals surface area contributed by atoms with E-state index in [9.17, 15) is 9.90 Å². The Kier molecular flexibility index (Phi) is 5.51. The standard InChI is InChI=1S/C22H26N4O3/c1-29-19-7-4-6-17(12-19)15-25-10-5-9-22(28,21(25)27)16-23-13-18-14-24-26-11-3-2-8-20(18)26/h2-4,6-8,11-12,14,23,28H,5,9-10,13,15-16H2,1H3. The molecule has 4 rings (SSSR count). The van der Waals surface area contributed by atoms with Crippen molar-refractivity contribution in [3.63, 3.8) is 0 Å². The van der Waals surface area contributed by atoms with Gasteiger partial charge < -0.3 is 20.1 Å². The molecule has 7 heteroatoms. The lowest BCUT2D eigenvalue weighted by molar-refractivity contribution is -0.157. The number of ether oxygens (including phenoxy) is 1. The van der Waals surface area contributed by atoms with Crippen LogP contribution in [0.15, 0.2) is 54.9 Å². The number of likely N-dealkylation sites (tertiary alicyclic amines) is 1. The Morgan fingerprint density at radius 2 is 2.17 bits per heavy atom. The quantitative estimate of drug-likeness (QED) is 0.641. The van der Waals surface area contributed by atoms with Crippen molar-refractivity contribution in [2.75, 3.05) is 20.2 Å². The molecule has 3 heterocycles. The van der Waals surface area contributed by atoms with Gasteiger partial charge in [-0.25, -0.2) is 4.52 Å². The lowest BCUT2D eigenvalue weighted by atomic mass is 9.91. The van der Waals surface area contributed by atoms with E-state index >= 15 is 0 Å². The van der Waals surface area contributed by atoms with Crippen LogP contribution in [0.4, 0.5) is 0 Å². The maximum absolute atomic E-state index is 13.0. The van der Waals surface area contributed by atoms with Crippen molar-refractivity contribution < 1.29 is 14.6 Å². The van der Waals surface area contributed by atoms with Crippen LogP contribution in [-0.2, 0) is 17.9 Å². The number of methoxy groups -OCH3 is 1. The van der Waals surface area contributed by atoms with E-state index in [4.69, 9.17) is 4.74 Å². The largest absolute Gasteiger partial charge is 0.497 e. The van der Waals surface area contributed by atoms with Crippen molar-refractivity contribution in [3.8, 4) is 5.75 Å². The number of aromatic nitrogens is 2. The number of rotatable bonds is 7. The van der Waals surface area contributed by atoms with Crippen molar-refractivity contribution in [2.24, 2.45) is 0 Å². The van der Waals surface area contributed by atoms with E-state index in [0.29, 0.717) is 26.1 Å². The van der Waals surface area contributed by atoms with Gasteiger partial charge in [0.25, 0.3) is 5.91 Å². The molecule has 1 fully saturated rings. The fourth-order valence-electron chi connectivity index (χ4n) is 3.90. The maximum atomic E-state index is 13.0. The third-order valence-electron chi connectivity index (χ3n) is 5.45. The molecule has 1 amide bonds. The van der Waals surface area contributed by atoms with Gasteiger partial charge in [-0.05, 0) is 42.7 Å². The van der Waals surface area contributed by atoms with Crippen LogP contribution in [0.2, 0.25) is 0 Å². The zero-order valence-corrected chi connectivity index (χ0v) is 16.5. The topological polar surface area (TPSA) is 79.1 Å². The van der Waals surface area contributed by atoms with Gasteiger partial charge in [0.15, 0.2) is 5.60 Å². The monoisotopic (exact) mass is 394 g/mol. The molecule has 1 aliphatic rings. The first-order valence-electron chi connectivity index (χ1n) is 9.86. The number of nitrogens with one attached hydrogen (secondary N) is 1. The Morgan fingerprint density at radius 1 is 1.28 bits per heavy atom. The molecule has 3 aromatic rings. The van der Waals surface area contributed by atoms with E-state index in [1.54, 1.807) is 12.0 Å². The van der Waals surface area contributed by atoms with Gasteiger partial charge in [0.1, 0.15) is 5.75 Å². The number of pyridine rings is 1. The van der Waals surface area contributed by atoms with Gasteiger partial charge in [-0.3, -0.25) is 4.79 Å². The molecule has 0 bridgehead atoms. The predicted octanol–water partition coefficient (Wildman–Crippen LogP) is 1.99. The van der Waals surface area contributed by atoms with Crippen LogP contribution in [0.3, 0.4) is 0 Å². The van der Waals surface area contributed by atoms with Gasteiger partial charge in [-0.1, -0.05) is 18.2 Å². The van der Waals surface area contributed by atoms with E-state index in [1.165, 1.54) is 0 Å². The zero-order valence-electron chi connectivity index (χ0n) is 16.5. The number of piperidine rings is 1. The second-order valence-corrected chi connectivity index (χ2v) is 7.52. The summed E-state index contributed by atoms with van der Waals surface area (Å²) in [6.45, 7) is 1.86. The fourth-order valence-corrected chi connectivity index (χ4v) is 3.90. The zero-order chi connectivity index (χ0) is 20.3.